The fourth-order valence-electron chi connectivity index (χ4n) is 3.05. The van der Waals surface area contributed by atoms with E-state index in [2.05, 4.69) is 26.0 Å². The van der Waals surface area contributed by atoms with Crippen LogP contribution in [-0.2, 0) is 9.59 Å². The molecule has 1 aromatic carbocycles. The fraction of sp³-hybridized carbons (Fsp3) is 0.250. The molecular formula is C24H26N6O4. The third-order valence-corrected chi connectivity index (χ3v) is 4.99. The molecule has 0 bridgehead atoms. The van der Waals surface area contributed by atoms with Crippen LogP contribution in [0.1, 0.15) is 36.7 Å². The molecule has 10 heteroatoms. The molecule has 176 valence electrons. The monoisotopic (exact) mass is 462 g/mol. The Hall–Kier alpha value is -4.34. The number of pyridine rings is 1. The average molecular weight is 463 g/mol. The van der Waals surface area contributed by atoms with E-state index in [4.69, 9.17) is 0 Å². The van der Waals surface area contributed by atoms with Crippen molar-refractivity contribution in [1.29, 1.82) is 0 Å². The highest BCUT2D eigenvalue weighted by atomic mass is 16.2. The third-order valence-electron chi connectivity index (χ3n) is 4.99. The van der Waals surface area contributed by atoms with Crippen molar-refractivity contribution in [2.75, 3.05) is 18.4 Å². The molecule has 10 nitrogen and oxygen atoms in total. The van der Waals surface area contributed by atoms with Crippen molar-refractivity contribution in [3.63, 3.8) is 0 Å². The first-order valence-electron chi connectivity index (χ1n) is 10.8. The first kappa shape index (κ1) is 24.3. The number of anilines is 1. The highest BCUT2D eigenvalue weighted by molar-refractivity contribution is 5.95. The number of carbonyl (C=O) groups is 3. The predicted octanol–water partition coefficient (Wildman–Crippen LogP) is 1.76. The zero-order valence-corrected chi connectivity index (χ0v) is 18.9. The number of aromatic nitrogens is 3. The summed E-state index contributed by atoms with van der Waals surface area (Å²) in [5, 5.41) is 12.4. The molecule has 0 aliphatic carbocycles. The number of hydrogen-bond donors (Lipinski definition) is 3. The van der Waals surface area contributed by atoms with E-state index >= 15 is 0 Å². The minimum atomic E-state index is -0.842. The van der Waals surface area contributed by atoms with Crippen LogP contribution in [0.3, 0.4) is 0 Å². The van der Waals surface area contributed by atoms with Gasteiger partial charge in [-0.3, -0.25) is 24.2 Å². The van der Waals surface area contributed by atoms with Crippen LogP contribution in [0, 0.1) is 0 Å². The molecule has 3 aromatic rings. The van der Waals surface area contributed by atoms with Crippen molar-refractivity contribution in [3.8, 4) is 11.3 Å². The lowest BCUT2D eigenvalue weighted by Gasteiger charge is -2.15. The van der Waals surface area contributed by atoms with Crippen LogP contribution in [0.15, 0.2) is 65.7 Å². The molecule has 2 heterocycles. The summed E-state index contributed by atoms with van der Waals surface area (Å²) in [7, 11) is 0. The lowest BCUT2D eigenvalue weighted by atomic mass is 10.2. The fourth-order valence-corrected chi connectivity index (χ4v) is 3.05. The standard InChI is InChI=1S/C24H26N6O4/c1-3-21(31)28-19-8-6-17(7-9-19)24(34)27-14-13-26-23(33)16(2)30-22(32)11-10-20(29-30)18-5-4-12-25-15-18/h4-12,15-16H,3,13-14H2,1-2H3,(H,26,33)(H,27,34)(H,28,31). The minimum absolute atomic E-state index is 0.108. The van der Waals surface area contributed by atoms with Crippen LogP contribution >= 0.6 is 0 Å². The Morgan fingerprint density at radius 3 is 2.41 bits per heavy atom. The van der Waals surface area contributed by atoms with Gasteiger partial charge in [0.2, 0.25) is 11.8 Å². The number of nitrogens with one attached hydrogen (secondary N) is 3. The van der Waals surface area contributed by atoms with E-state index in [0.29, 0.717) is 23.4 Å². The van der Waals surface area contributed by atoms with Crippen LogP contribution in [0.2, 0.25) is 0 Å². The van der Waals surface area contributed by atoms with Crippen molar-refractivity contribution in [1.82, 2.24) is 25.4 Å². The molecule has 3 N–H and O–H groups in total. The Bertz CT molecular complexity index is 1210. The van der Waals surface area contributed by atoms with Crippen molar-refractivity contribution in [3.05, 3.63) is 76.8 Å². The molecule has 0 radical (unpaired) electrons. The second-order valence-corrected chi connectivity index (χ2v) is 7.45. The second kappa shape index (κ2) is 11.5. The Kier molecular flexibility index (Phi) is 8.22. The maximum absolute atomic E-state index is 12.5. The molecule has 2 aromatic heterocycles. The Balaban J connectivity index is 1.51. The highest BCUT2D eigenvalue weighted by Gasteiger charge is 2.18. The normalized spacial score (nSPS) is 11.4. The van der Waals surface area contributed by atoms with Crippen LogP contribution in [0.4, 0.5) is 5.69 Å². The molecule has 0 fully saturated rings. The second-order valence-electron chi connectivity index (χ2n) is 7.45. The maximum Gasteiger partial charge on any atom is 0.267 e. The number of rotatable bonds is 9. The summed E-state index contributed by atoms with van der Waals surface area (Å²) in [4.78, 5) is 52.5. The summed E-state index contributed by atoms with van der Waals surface area (Å²) in [6, 6.07) is 12.2. The zero-order chi connectivity index (χ0) is 24.5. The van der Waals surface area contributed by atoms with Gasteiger partial charge in [-0.25, -0.2) is 4.68 Å². The molecular weight excluding hydrogens is 436 g/mol. The summed E-state index contributed by atoms with van der Waals surface area (Å²) in [6.45, 7) is 3.71. The maximum atomic E-state index is 12.5. The number of amides is 3. The van der Waals surface area contributed by atoms with Crippen molar-refractivity contribution >= 4 is 23.4 Å². The Morgan fingerprint density at radius 2 is 1.74 bits per heavy atom. The summed E-state index contributed by atoms with van der Waals surface area (Å²) in [5.74, 6) is -0.815. The summed E-state index contributed by atoms with van der Waals surface area (Å²) in [6.07, 6.45) is 3.63. The van der Waals surface area contributed by atoms with Crippen LogP contribution in [0.25, 0.3) is 11.3 Å². The van der Waals surface area contributed by atoms with Gasteiger partial charge < -0.3 is 16.0 Å². The summed E-state index contributed by atoms with van der Waals surface area (Å²) < 4.78 is 1.12. The average Bonchev–Trinajstić information content (AvgIpc) is 2.87. The van der Waals surface area contributed by atoms with Gasteiger partial charge in [-0.1, -0.05) is 6.92 Å². The van der Waals surface area contributed by atoms with Crippen LogP contribution in [-0.4, -0.2) is 45.6 Å². The van der Waals surface area contributed by atoms with Crippen LogP contribution < -0.4 is 21.5 Å². The smallest absolute Gasteiger partial charge is 0.267 e. The molecule has 0 saturated carbocycles. The lowest BCUT2D eigenvalue weighted by molar-refractivity contribution is -0.124. The van der Waals surface area contributed by atoms with Gasteiger partial charge in [0, 0.05) is 54.8 Å². The highest BCUT2D eigenvalue weighted by Crippen LogP contribution is 2.14. The minimum Gasteiger partial charge on any atom is -0.352 e. The van der Waals surface area contributed by atoms with E-state index in [1.807, 2.05) is 6.07 Å². The van der Waals surface area contributed by atoms with Crippen molar-refractivity contribution in [2.24, 2.45) is 0 Å². The molecule has 0 spiro atoms. The van der Waals surface area contributed by atoms with Gasteiger partial charge in [-0.05, 0) is 49.4 Å². The van der Waals surface area contributed by atoms with E-state index in [9.17, 15) is 19.2 Å². The summed E-state index contributed by atoms with van der Waals surface area (Å²) in [5.41, 5.74) is 1.90. The van der Waals surface area contributed by atoms with Crippen molar-refractivity contribution in [2.45, 2.75) is 26.3 Å². The van der Waals surface area contributed by atoms with Gasteiger partial charge in [-0.15, -0.1) is 0 Å². The van der Waals surface area contributed by atoms with Gasteiger partial charge in [0.1, 0.15) is 6.04 Å². The lowest BCUT2D eigenvalue weighted by Crippen LogP contribution is -2.40. The van der Waals surface area contributed by atoms with Gasteiger partial charge in [-0.2, -0.15) is 5.10 Å². The van der Waals surface area contributed by atoms with E-state index < -0.39 is 17.5 Å². The van der Waals surface area contributed by atoms with E-state index in [1.54, 1.807) is 62.6 Å². The zero-order valence-electron chi connectivity index (χ0n) is 18.9. The van der Waals surface area contributed by atoms with E-state index in [1.165, 1.54) is 6.07 Å². The number of carbonyl (C=O) groups excluding carboxylic acids is 3. The van der Waals surface area contributed by atoms with Gasteiger partial charge in [0.25, 0.3) is 11.5 Å². The van der Waals surface area contributed by atoms with Gasteiger partial charge in [0.05, 0.1) is 5.69 Å². The molecule has 3 amide bonds. The first-order chi connectivity index (χ1) is 16.4. The largest absolute Gasteiger partial charge is 0.352 e. The van der Waals surface area contributed by atoms with E-state index in [-0.39, 0.29) is 24.9 Å². The van der Waals surface area contributed by atoms with Gasteiger partial charge >= 0.3 is 0 Å². The molecule has 0 aliphatic heterocycles. The van der Waals surface area contributed by atoms with Crippen LogP contribution in [0.5, 0.6) is 0 Å². The Labute approximate surface area is 196 Å². The van der Waals surface area contributed by atoms with Gasteiger partial charge in [0.15, 0.2) is 0 Å². The first-order valence-corrected chi connectivity index (χ1v) is 10.8. The predicted molar refractivity (Wildman–Crippen MR) is 127 cm³/mol. The number of nitrogens with zero attached hydrogens (tertiary/aromatic N) is 3. The molecule has 34 heavy (non-hydrogen) atoms. The quantitative estimate of drug-likeness (QED) is 0.415. The third kappa shape index (κ3) is 6.35. The molecule has 0 saturated heterocycles. The van der Waals surface area contributed by atoms with E-state index in [0.717, 1.165) is 10.2 Å². The molecule has 1 unspecified atom stereocenters. The Morgan fingerprint density at radius 1 is 1.00 bits per heavy atom. The number of benzene rings is 1. The molecule has 0 aliphatic rings. The summed E-state index contributed by atoms with van der Waals surface area (Å²) >= 11 is 0. The molecule has 1 atom stereocenters. The topological polar surface area (TPSA) is 135 Å². The van der Waals surface area contributed by atoms with Crippen molar-refractivity contribution < 1.29 is 14.4 Å². The number of hydrogen-bond acceptors (Lipinski definition) is 6. The SMILES string of the molecule is CCC(=O)Nc1ccc(C(=O)NCCNC(=O)C(C)n2nc(-c3cccnc3)ccc2=O)cc1. The molecule has 3 rings (SSSR count).